The Hall–Kier alpha value is -2.85. The zero-order valence-electron chi connectivity index (χ0n) is 16.7. The maximum absolute atomic E-state index is 12.5. The van der Waals surface area contributed by atoms with Crippen LogP contribution in [0.4, 0.5) is 11.4 Å². The Morgan fingerprint density at radius 2 is 2.00 bits per heavy atom. The number of hydrogen-bond acceptors (Lipinski definition) is 6. The van der Waals surface area contributed by atoms with Crippen molar-refractivity contribution in [3.05, 3.63) is 63.2 Å². The lowest BCUT2D eigenvalue weighted by Crippen LogP contribution is -2.48. The van der Waals surface area contributed by atoms with E-state index in [2.05, 4.69) is 5.32 Å². The Bertz CT molecular complexity index is 1040. The Kier molecular flexibility index (Phi) is 7.63. The molecule has 0 spiro atoms. The van der Waals surface area contributed by atoms with E-state index in [-0.39, 0.29) is 24.5 Å². The van der Waals surface area contributed by atoms with E-state index in [4.69, 9.17) is 16.3 Å². The van der Waals surface area contributed by atoms with Crippen LogP contribution in [-0.4, -0.2) is 44.7 Å². The van der Waals surface area contributed by atoms with E-state index in [0.29, 0.717) is 10.8 Å². The third-order valence-electron chi connectivity index (χ3n) is 4.20. The van der Waals surface area contributed by atoms with Gasteiger partial charge in [-0.05, 0) is 37.6 Å². The van der Waals surface area contributed by atoms with E-state index in [9.17, 15) is 23.3 Å². The van der Waals surface area contributed by atoms with Crippen molar-refractivity contribution < 1.29 is 22.9 Å². The summed E-state index contributed by atoms with van der Waals surface area (Å²) in [5, 5.41) is 14.2. The number of nitrogens with one attached hydrogen (secondary N) is 1. The van der Waals surface area contributed by atoms with Gasteiger partial charge in [0, 0.05) is 17.2 Å². The number of non-ortho nitro benzene ring substituents is 1. The number of rotatable bonds is 9. The number of sulfonamides is 1. The molecular weight excluding hydrogens is 434 g/mol. The molecule has 1 atom stereocenters. The predicted octanol–water partition coefficient (Wildman–Crippen LogP) is 2.91. The molecule has 11 heteroatoms. The van der Waals surface area contributed by atoms with Crippen molar-refractivity contribution in [2.45, 2.75) is 19.9 Å². The summed E-state index contributed by atoms with van der Waals surface area (Å²) in [4.78, 5) is 22.9. The molecule has 1 N–H and O–H groups in total. The molecule has 0 saturated carbocycles. The monoisotopic (exact) mass is 455 g/mol. The lowest BCUT2D eigenvalue weighted by atomic mass is 10.2. The highest BCUT2D eigenvalue weighted by Crippen LogP contribution is 2.25. The Morgan fingerprint density at radius 1 is 1.30 bits per heavy atom. The van der Waals surface area contributed by atoms with E-state index in [0.717, 1.165) is 22.2 Å². The van der Waals surface area contributed by atoms with Gasteiger partial charge in [-0.1, -0.05) is 23.7 Å². The summed E-state index contributed by atoms with van der Waals surface area (Å²) in [6, 6.07) is 9.18. The number of carbonyl (C=O) groups is 1. The quantitative estimate of drug-likeness (QED) is 0.352. The molecule has 0 saturated heterocycles. The molecule has 0 radical (unpaired) electrons. The fourth-order valence-electron chi connectivity index (χ4n) is 2.71. The van der Waals surface area contributed by atoms with Crippen LogP contribution in [0.3, 0.4) is 0 Å². The molecule has 2 aromatic rings. The molecule has 30 heavy (non-hydrogen) atoms. The summed E-state index contributed by atoms with van der Waals surface area (Å²) >= 11 is 6.03. The number of nitrogens with zero attached hydrogens (tertiary/aromatic N) is 2. The minimum Gasteiger partial charge on any atom is -0.492 e. The molecule has 0 aliphatic rings. The standard InChI is InChI=1S/C19H22ClN3O6S/c1-13-7-8-17(12-18(13)20)29-10-9-21-19(24)14(2)22(30(3,27)28)15-5-4-6-16(11-15)23(25)26/h4-8,11-12,14H,9-10H2,1-3H3,(H,21,24)/t14-/m1/s1. The van der Waals surface area contributed by atoms with Crippen LogP contribution in [-0.2, 0) is 14.8 Å². The van der Waals surface area contributed by atoms with Crippen molar-refractivity contribution in [1.82, 2.24) is 5.32 Å². The molecule has 9 nitrogen and oxygen atoms in total. The van der Waals surface area contributed by atoms with E-state index >= 15 is 0 Å². The number of nitro benzene ring substituents is 1. The highest BCUT2D eigenvalue weighted by Gasteiger charge is 2.29. The van der Waals surface area contributed by atoms with Gasteiger partial charge in [-0.2, -0.15) is 0 Å². The number of benzene rings is 2. The molecule has 0 unspecified atom stereocenters. The Morgan fingerprint density at radius 3 is 2.60 bits per heavy atom. The Labute approximate surface area is 179 Å². The summed E-state index contributed by atoms with van der Waals surface area (Å²) in [6.07, 6.45) is 0.930. The first-order valence-electron chi connectivity index (χ1n) is 8.91. The van der Waals surface area contributed by atoms with Gasteiger partial charge in [0.05, 0.1) is 23.4 Å². The lowest BCUT2D eigenvalue weighted by molar-refractivity contribution is -0.384. The summed E-state index contributed by atoms with van der Waals surface area (Å²) in [5.74, 6) is -0.0280. The minimum absolute atomic E-state index is 0.0277. The second-order valence-electron chi connectivity index (χ2n) is 6.56. The zero-order valence-corrected chi connectivity index (χ0v) is 18.2. The van der Waals surface area contributed by atoms with Crippen LogP contribution in [0, 0.1) is 17.0 Å². The van der Waals surface area contributed by atoms with Gasteiger partial charge in [0.15, 0.2) is 0 Å². The van der Waals surface area contributed by atoms with Crippen LogP contribution in [0.5, 0.6) is 5.75 Å². The second kappa shape index (κ2) is 9.77. The third kappa shape index (κ3) is 6.07. The number of nitro groups is 1. The molecule has 2 aromatic carbocycles. The molecule has 0 bridgehead atoms. The van der Waals surface area contributed by atoms with Crippen molar-refractivity contribution in [1.29, 1.82) is 0 Å². The SMILES string of the molecule is Cc1ccc(OCCNC(=O)[C@@H](C)N(c2cccc([N+](=O)[O-])c2)S(C)(=O)=O)cc1Cl. The summed E-state index contributed by atoms with van der Waals surface area (Å²) in [7, 11) is -3.88. The van der Waals surface area contributed by atoms with Gasteiger partial charge in [-0.25, -0.2) is 8.42 Å². The normalized spacial score (nSPS) is 12.1. The molecule has 1 amide bonds. The number of amides is 1. The van der Waals surface area contributed by atoms with E-state index < -0.39 is 26.9 Å². The van der Waals surface area contributed by atoms with Crippen LogP contribution in [0.25, 0.3) is 0 Å². The summed E-state index contributed by atoms with van der Waals surface area (Å²) in [6.45, 7) is 3.53. The average Bonchev–Trinajstić information content (AvgIpc) is 2.67. The molecule has 162 valence electrons. The maximum Gasteiger partial charge on any atom is 0.271 e. The van der Waals surface area contributed by atoms with Gasteiger partial charge in [-0.3, -0.25) is 19.2 Å². The largest absolute Gasteiger partial charge is 0.492 e. The average molecular weight is 456 g/mol. The van der Waals surface area contributed by atoms with Crippen molar-refractivity contribution in [2.75, 3.05) is 23.7 Å². The maximum atomic E-state index is 12.5. The fourth-order valence-corrected chi connectivity index (χ4v) is 4.04. The molecule has 0 fully saturated rings. The third-order valence-corrected chi connectivity index (χ3v) is 5.85. The molecular formula is C19H22ClN3O6S. The highest BCUT2D eigenvalue weighted by atomic mass is 35.5. The molecule has 0 aromatic heterocycles. The van der Waals surface area contributed by atoms with Crippen molar-refractivity contribution in [3.8, 4) is 5.75 Å². The number of aryl methyl sites for hydroxylation is 1. The first-order valence-corrected chi connectivity index (χ1v) is 11.1. The first kappa shape index (κ1) is 23.4. The van der Waals surface area contributed by atoms with Crippen molar-refractivity contribution >= 4 is 38.9 Å². The predicted molar refractivity (Wildman–Crippen MR) is 115 cm³/mol. The van der Waals surface area contributed by atoms with Crippen molar-refractivity contribution in [2.24, 2.45) is 0 Å². The minimum atomic E-state index is -3.88. The van der Waals surface area contributed by atoms with Gasteiger partial charge in [-0.15, -0.1) is 0 Å². The van der Waals surface area contributed by atoms with Gasteiger partial charge in [0.25, 0.3) is 5.69 Å². The number of ether oxygens (including phenoxy) is 1. The van der Waals surface area contributed by atoms with Crippen LogP contribution >= 0.6 is 11.6 Å². The Balaban J connectivity index is 2.04. The number of anilines is 1. The topological polar surface area (TPSA) is 119 Å². The van der Waals surface area contributed by atoms with Crippen LogP contribution in [0.1, 0.15) is 12.5 Å². The van der Waals surface area contributed by atoms with Crippen LogP contribution in [0.15, 0.2) is 42.5 Å². The van der Waals surface area contributed by atoms with E-state index in [1.165, 1.54) is 25.1 Å². The van der Waals surface area contributed by atoms with E-state index in [1.807, 2.05) is 6.92 Å². The molecule has 0 aliphatic carbocycles. The number of halogens is 1. The van der Waals surface area contributed by atoms with Crippen LogP contribution < -0.4 is 14.4 Å². The highest BCUT2D eigenvalue weighted by molar-refractivity contribution is 7.92. The van der Waals surface area contributed by atoms with Gasteiger partial charge < -0.3 is 10.1 Å². The summed E-state index contributed by atoms with van der Waals surface area (Å²) < 4.78 is 30.9. The fraction of sp³-hybridized carbons (Fsp3) is 0.316. The smallest absolute Gasteiger partial charge is 0.271 e. The first-order chi connectivity index (χ1) is 14.0. The van der Waals surface area contributed by atoms with Crippen LogP contribution in [0.2, 0.25) is 5.02 Å². The number of carbonyl (C=O) groups excluding carboxylic acids is 1. The van der Waals surface area contributed by atoms with E-state index in [1.54, 1.807) is 18.2 Å². The lowest BCUT2D eigenvalue weighted by Gasteiger charge is -2.28. The van der Waals surface area contributed by atoms with Gasteiger partial charge >= 0.3 is 0 Å². The number of hydrogen-bond donors (Lipinski definition) is 1. The molecule has 2 rings (SSSR count). The van der Waals surface area contributed by atoms with Crippen molar-refractivity contribution in [3.63, 3.8) is 0 Å². The second-order valence-corrected chi connectivity index (χ2v) is 8.83. The molecule has 0 aliphatic heterocycles. The van der Waals surface area contributed by atoms with Gasteiger partial charge in [0.2, 0.25) is 15.9 Å². The zero-order chi connectivity index (χ0) is 22.5. The molecule has 0 heterocycles. The summed E-state index contributed by atoms with van der Waals surface area (Å²) in [5.41, 5.74) is 0.659. The van der Waals surface area contributed by atoms with Gasteiger partial charge in [0.1, 0.15) is 18.4 Å².